The maximum Gasteiger partial charge on any atom is 0.241 e. The van der Waals surface area contributed by atoms with Crippen molar-refractivity contribution in [1.29, 1.82) is 0 Å². The standard InChI is InChI=1S/C13H26N2O/c1-7-9(2)11-12(16)15(8-14-11)10(3)13(4,5)6/h9-11,14H,7-8H2,1-6H3. The number of nitrogens with one attached hydrogen (secondary N) is 1. The lowest BCUT2D eigenvalue weighted by Crippen LogP contribution is -2.44. The van der Waals surface area contributed by atoms with Gasteiger partial charge in [0.2, 0.25) is 5.91 Å². The van der Waals surface area contributed by atoms with Gasteiger partial charge in [-0.05, 0) is 18.3 Å². The molecular formula is C13H26N2O. The fourth-order valence-corrected chi connectivity index (χ4v) is 2.02. The second kappa shape index (κ2) is 4.74. The van der Waals surface area contributed by atoms with Crippen LogP contribution in [0.15, 0.2) is 0 Å². The highest BCUT2D eigenvalue weighted by molar-refractivity contribution is 5.84. The number of carbonyl (C=O) groups excluding carboxylic acids is 1. The van der Waals surface area contributed by atoms with Crippen LogP contribution in [0.1, 0.15) is 48.0 Å². The van der Waals surface area contributed by atoms with E-state index in [0.717, 1.165) is 6.42 Å². The molecule has 0 radical (unpaired) electrons. The van der Waals surface area contributed by atoms with Crippen LogP contribution in [0.5, 0.6) is 0 Å². The van der Waals surface area contributed by atoms with E-state index in [1.54, 1.807) is 0 Å². The summed E-state index contributed by atoms with van der Waals surface area (Å²) in [6, 6.07) is 0.302. The van der Waals surface area contributed by atoms with Gasteiger partial charge in [-0.3, -0.25) is 10.1 Å². The molecule has 1 aliphatic heterocycles. The molecule has 0 spiro atoms. The van der Waals surface area contributed by atoms with Crippen molar-refractivity contribution in [2.24, 2.45) is 11.3 Å². The van der Waals surface area contributed by atoms with Crippen molar-refractivity contribution >= 4 is 5.91 Å². The van der Waals surface area contributed by atoms with E-state index >= 15 is 0 Å². The van der Waals surface area contributed by atoms with Crippen LogP contribution in [0.2, 0.25) is 0 Å². The Bertz CT molecular complexity index is 257. The summed E-state index contributed by atoms with van der Waals surface area (Å²) in [6.07, 6.45) is 1.04. The van der Waals surface area contributed by atoms with Gasteiger partial charge < -0.3 is 4.90 Å². The molecule has 94 valence electrons. The normalized spacial score (nSPS) is 26.0. The fraction of sp³-hybridized carbons (Fsp3) is 0.923. The minimum atomic E-state index is 0.0230. The van der Waals surface area contributed by atoms with Gasteiger partial charge in [0.25, 0.3) is 0 Å². The van der Waals surface area contributed by atoms with E-state index in [-0.39, 0.29) is 23.4 Å². The highest BCUT2D eigenvalue weighted by Crippen LogP contribution is 2.27. The Balaban J connectivity index is 2.71. The maximum absolute atomic E-state index is 12.3. The Labute approximate surface area is 99.6 Å². The number of amides is 1. The third-order valence-electron chi connectivity index (χ3n) is 3.96. The molecule has 0 aromatic carbocycles. The predicted molar refractivity (Wildman–Crippen MR) is 67.0 cm³/mol. The van der Waals surface area contributed by atoms with Crippen molar-refractivity contribution in [3.05, 3.63) is 0 Å². The molecule has 3 unspecified atom stereocenters. The van der Waals surface area contributed by atoms with E-state index in [4.69, 9.17) is 0 Å². The monoisotopic (exact) mass is 226 g/mol. The number of hydrogen-bond acceptors (Lipinski definition) is 2. The molecular weight excluding hydrogens is 200 g/mol. The summed E-state index contributed by atoms with van der Waals surface area (Å²) in [7, 11) is 0. The molecule has 0 aromatic heterocycles. The molecule has 3 nitrogen and oxygen atoms in total. The van der Waals surface area contributed by atoms with Crippen LogP contribution in [0.25, 0.3) is 0 Å². The van der Waals surface area contributed by atoms with Gasteiger partial charge in [0.05, 0.1) is 12.7 Å². The molecule has 1 N–H and O–H groups in total. The topological polar surface area (TPSA) is 32.3 Å². The van der Waals surface area contributed by atoms with E-state index in [9.17, 15) is 4.79 Å². The predicted octanol–water partition coefficient (Wildman–Crippen LogP) is 2.23. The Morgan fingerprint density at radius 3 is 2.44 bits per heavy atom. The van der Waals surface area contributed by atoms with E-state index in [2.05, 4.69) is 46.9 Å². The maximum atomic E-state index is 12.3. The Morgan fingerprint density at radius 1 is 1.44 bits per heavy atom. The molecule has 1 heterocycles. The summed E-state index contributed by atoms with van der Waals surface area (Å²) in [5.41, 5.74) is 0.141. The lowest BCUT2D eigenvalue weighted by atomic mass is 9.86. The second-order valence-electron chi connectivity index (χ2n) is 6.08. The summed E-state index contributed by atoms with van der Waals surface area (Å²) >= 11 is 0. The van der Waals surface area contributed by atoms with Gasteiger partial charge in [-0.15, -0.1) is 0 Å². The average molecular weight is 226 g/mol. The number of hydrogen-bond donors (Lipinski definition) is 1. The molecule has 16 heavy (non-hydrogen) atoms. The first-order chi connectivity index (χ1) is 7.29. The summed E-state index contributed by atoms with van der Waals surface area (Å²) in [6.45, 7) is 13.7. The molecule has 3 atom stereocenters. The third-order valence-corrected chi connectivity index (χ3v) is 3.96. The van der Waals surface area contributed by atoms with Crippen LogP contribution in [0, 0.1) is 11.3 Å². The van der Waals surface area contributed by atoms with Crippen LogP contribution in [0.3, 0.4) is 0 Å². The van der Waals surface area contributed by atoms with Gasteiger partial charge in [-0.1, -0.05) is 41.0 Å². The van der Waals surface area contributed by atoms with Crippen molar-refractivity contribution in [2.75, 3.05) is 6.67 Å². The zero-order chi connectivity index (χ0) is 12.5. The minimum Gasteiger partial charge on any atom is -0.325 e. The van der Waals surface area contributed by atoms with Crippen molar-refractivity contribution in [2.45, 2.75) is 60.0 Å². The smallest absolute Gasteiger partial charge is 0.241 e. The first-order valence-corrected chi connectivity index (χ1v) is 6.33. The van der Waals surface area contributed by atoms with Crippen LogP contribution >= 0.6 is 0 Å². The molecule has 1 saturated heterocycles. The van der Waals surface area contributed by atoms with Gasteiger partial charge in [-0.2, -0.15) is 0 Å². The van der Waals surface area contributed by atoms with Crippen LogP contribution in [0.4, 0.5) is 0 Å². The van der Waals surface area contributed by atoms with Gasteiger partial charge in [0.1, 0.15) is 0 Å². The molecule has 1 rings (SSSR count). The zero-order valence-corrected chi connectivity index (χ0v) is 11.5. The number of nitrogens with zero attached hydrogens (tertiary/aromatic N) is 1. The molecule has 0 saturated carbocycles. The van der Waals surface area contributed by atoms with Crippen molar-refractivity contribution in [3.63, 3.8) is 0 Å². The SMILES string of the molecule is CCC(C)C1NCN(C(C)C(C)(C)C)C1=O. The number of carbonyl (C=O) groups is 1. The van der Waals surface area contributed by atoms with Gasteiger partial charge in [-0.25, -0.2) is 0 Å². The third kappa shape index (κ3) is 2.57. The lowest BCUT2D eigenvalue weighted by molar-refractivity contribution is -0.133. The summed E-state index contributed by atoms with van der Waals surface area (Å²) in [5, 5.41) is 3.34. The molecule has 0 aliphatic carbocycles. The van der Waals surface area contributed by atoms with Crippen LogP contribution < -0.4 is 5.32 Å². The van der Waals surface area contributed by atoms with Gasteiger partial charge >= 0.3 is 0 Å². The summed E-state index contributed by atoms with van der Waals surface area (Å²) in [5.74, 6) is 0.696. The second-order valence-corrected chi connectivity index (χ2v) is 6.08. The number of rotatable bonds is 3. The van der Waals surface area contributed by atoms with Crippen molar-refractivity contribution in [1.82, 2.24) is 10.2 Å². The van der Waals surface area contributed by atoms with Crippen molar-refractivity contribution in [3.8, 4) is 0 Å². The van der Waals surface area contributed by atoms with Crippen LogP contribution in [-0.4, -0.2) is 29.6 Å². The van der Waals surface area contributed by atoms with Gasteiger partial charge in [0, 0.05) is 6.04 Å². The Morgan fingerprint density at radius 2 is 2.00 bits per heavy atom. The summed E-state index contributed by atoms with van der Waals surface area (Å²) < 4.78 is 0. The van der Waals surface area contributed by atoms with E-state index in [1.165, 1.54) is 0 Å². The quantitative estimate of drug-likeness (QED) is 0.800. The summed E-state index contributed by atoms with van der Waals surface area (Å²) in [4.78, 5) is 14.2. The lowest BCUT2D eigenvalue weighted by Gasteiger charge is -2.35. The average Bonchev–Trinajstić information content (AvgIpc) is 2.56. The molecule has 1 amide bonds. The molecule has 1 fully saturated rings. The first-order valence-electron chi connectivity index (χ1n) is 6.33. The van der Waals surface area contributed by atoms with Gasteiger partial charge in [0.15, 0.2) is 0 Å². The highest BCUT2D eigenvalue weighted by Gasteiger charge is 2.39. The van der Waals surface area contributed by atoms with E-state index in [0.29, 0.717) is 12.6 Å². The van der Waals surface area contributed by atoms with E-state index in [1.807, 2.05) is 4.90 Å². The fourth-order valence-electron chi connectivity index (χ4n) is 2.02. The first kappa shape index (κ1) is 13.5. The zero-order valence-electron chi connectivity index (χ0n) is 11.5. The molecule has 0 bridgehead atoms. The van der Waals surface area contributed by atoms with Crippen molar-refractivity contribution < 1.29 is 4.79 Å². The minimum absolute atomic E-state index is 0.0230. The Kier molecular flexibility index (Phi) is 4.00. The molecule has 1 aliphatic rings. The molecule has 0 aromatic rings. The van der Waals surface area contributed by atoms with Crippen LogP contribution in [-0.2, 0) is 4.79 Å². The highest BCUT2D eigenvalue weighted by atomic mass is 16.2. The molecule has 3 heteroatoms. The Hall–Kier alpha value is -0.570. The largest absolute Gasteiger partial charge is 0.325 e. The van der Waals surface area contributed by atoms with E-state index < -0.39 is 0 Å².